The zero-order valence-corrected chi connectivity index (χ0v) is 16.0. The van der Waals surface area contributed by atoms with Gasteiger partial charge in [0.25, 0.3) is 5.91 Å². The van der Waals surface area contributed by atoms with Crippen molar-refractivity contribution in [2.75, 3.05) is 17.7 Å². The van der Waals surface area contributed by atoms with Crippen LogP contribution >= 0.6 is 0 Å². The summed E-state index contributed by atoms with van der Waals surface area (Å²) < 4.78 is 0. The summed E-state index contributed by atoms with van der Waals surface area (Å²) in [7, 11) is 1.79. The molecule has 0 radical (unpaired) electrons. The highest BCUT2D eigenvalue weighted by Crippen LogP contribution is 2.22. The molecule has 4 N–H and O–H groups in total. The van der Waals surface area contributed by atoms with Crippen LogP contribution < -0.4 is 10.6 Å². The number of benzene rings is 2. The first-order chi connectivity index (χ1) is 14.0. The summed E-state index contributed by atoms with van der Waals surface area (Å²) in [4.78, 5) is 28.8. The third-order valence-electron chi connectivity index (χ3n) is 4.45. The van der Waals surface area contributed by atoms with E-state index in [1.54, 1.807) is 62.6 Å². The van der Waals surface area contributed by atoms with Gasteiger partial charge in [-0.1, -0.05) is 12.1 Å². The highest BCUT2D eigenvalue weighted by atomic mass is 16.3. The van der Waals surface area contributed by atoms with Crippen molar-refractivity contribution in [1.29, 1.82) is 0 Å². The Kier molecular flexibility index (Phi) is 4.92. The van der Waals surface area contributed by atoms with Crippen molar-refractivity contribution >= 4 is 28.4 Å². The zero-order valence-electron chi connectivity index (χ0n) is 16.0. The second-order valence-corrected chi connectivity index (χ2v) is 6.58. The molecule has 2 heterocycles. The topological polar surface area (TPSA) is 116 Å². The number of anilines is 2. The van der Waals surface area contributed by atoms with Crippen LogP contribution in [-0.2, 0) is 0 Å². The molecule has 0 saturated carbocycles. The van der Waals surface area contributed by atoms with Crippen molar-refractivity contribution in [1.82, 2.24) is 19.9 Å². The van der Waals surface area contributed by atoms with Crippen LogP contribution in [0.4, 0.5) is 11.5 Å². The molecule has 0 aliphatic carbocycles. The summed E-state index contributed by atoms with van der Waals surface area (Å²) in [6, 6.07) is 14.3. The summed E-state index contributed by atoms with van der Waals surface area (Å²) in [6.45, 7) is 1.64. The van der Waals surface area contributed by atoms with Gasteiger partial charge in [-0.05, 0) is 43.3 Å². The molecule has 1 unspecified atom stereocenters. The zero-order chi connectivity index (χ0) is 20.4. The molecule has 0 fully saturated rings. The van der Waals surface area contributed by atoms with Crippen molar-refractivity contribution in [2.45, 2.75) is 13.0 Å². The van der Waals surface area contributed by atoms with Crippen LogP contribution in [0.5, 0.6) is 0 Å². The number of H-pyrrole nitrogens is 1. The van der Waals surface area contributed by atoms with Gasteiger partial charge in [-0.2, -0.15) is 0 Å². The number of aromatic nitrogens is 4. The molecule has 0 aliphatic rings. The highest BCUT2D eigenvalue weighted by Gasteiger charge is 2.12. The number of amides is 1. The lowest BCUT2D eigenvalue weighted by molar-refractivity contribution is 0.102. The van der Waals surface area contributed by atoms with Gasteiger partial charge < -0.3 is 20.7 Å². The van der Waals surface area contributed by atoms with Gasteiger partial charge in [-0.15, -0.1) is 0 Å². The number of aliphatic hydroxyl groups excluding tert-OH is 1. The average molecular weight is 388 g/mol. The normalized spacial score (nSPS) is 12.0. The Morgan fingerprint density at radius 3 is 2.79 bits per heavy atom. The van der Waals surface area contributed by atoms with E-state index in [0.717, 1.165) is 16.6 Å². The van der Waals surface area contributed by atoms with Crippen LogP contribution in [0.1, 0.15) is 29.2 Å². The van der Waals surface area contributed by atoms with Gasteiger partial charge in [-0.25, -0.2) is 15.0 Å². The second-order valence-electron chi connectivity index (χ2n) is 6.58. The van der Waals surface area contributed by atoms with E-state index < -0.39 is 6.10 Å². The lowest BCUT2D eigenvalue weighted by atomic mass is 10.1. The smallest absolute Gasteiger partial charge is 0.255 e. The van der Waals surface area contributed by atoms with Crippen LogP contribution in [0.25, 0.3) is 22.4 Å². The number of aromatic amines is 1. The maximum Gasteiger partial charge on any atom is 0.255 e. The average Bonchev–Trinajstić information content (AvgIpc) is 3.18. The van der Waals surface area contributed by atoms with Crippen molar-refractivity contribution < 1.29 is 9.90 Å². The summed E-state index contributed by atoms with van der Waals surface area (Å²) in [5, 5.41) is 15.5. The lowest BCUT2D eigenvalue weighted by Gasteiger charge is -2.07. The molecular weight excluding hydrogens is 368 g/mol. The monoisotopic (exact) mass is 388 g/mol. The number of fused-ring (bicyclic) bond motifs is 1. The molecule has 0 saturated heterocycles. The van der Waals surface area contributed by atoms with Gasteiger partial charge in [-0.3, -0.25) is 4.79 Å². The number of aliphatic hydroxyl groups is 1. The first kappa shape index (κ1) is 18.6. The molecule has 0 aliphatic heterocycles. The molecular formula is C21H20N6O2. The maximum atomic E-state index is 12.7. The van der Waals surface area contributed by atoms with Gasteiger partial charge >= 0.3 is 0 Å². The van der Waals surface area contributed by atoms with E-state index in [0.29, 0.717) is 28.7 Å². The second kappa shape index (κ2) is 7.69. The number of nitrogens with one attached hydrogen (secondary N) is 3. The number of hydrogen-bond donors (Lipinski definition) is 4. The van der Waals surface area contributed by atoms with Crippen LogP contribution in [-0.4, -0.2) is 38.0 Å². The van der Waals surface area contributed by atoms with Crippen molar-refractivity contribution in [3.8, 4) is 11.4 Å². The Labute approximate surface area is 167 Å². The van der Waals surface area contributed by atoms with Gasteiger partial charge in [0.05, 0.1) is 11.0 Å². The van der Waals surface area contributed by atoms with E-state index in [9.17, 15) is 9.90 Å². The minimum atomic E-state index is -0.688. The largest absolute Gasteiger partial charge is 0.385 e. The van der Waals surface area contributed by atoms with Crippen LogP contribution in [0.3, 0.4) is 0 Å². The number of imidazole rings is 1. The molecule has 8 heteroatoms. The molecule has 4 aromatic rings. The Morgan fingerprint density at radius 2 is 2.00 bits per heavy atom. The van der Waals surface area contributed by atoms with Gasteiger partial charge in [0.2, 0.25) is 0 Å². The predicted octanol–water partition coefficient (Wildman–Crippen LogP) is 3.37. The molecule has 2 aromatic heterocycles. The number of nitrogens with zero attached hydrogens (tertiary/aromatic N) is 3. The Balaban J connectivity index is 1.57. The number of hydrogen-bond acceptors (Lipinski definition) is 6. The Bertz CT molecular complexity index is 1180. The summed E-state index contributed by atoms with van der Waals surface area (Å²) >= 11 is 0. The summed E-state index contributed by atoms with van der Waals surface area (Å²) in [6.07, 6.45) is 0.981. The van der Waals surface area contributed by atoms with Crippen molar-refractivity contribution in [2.24, 2.45) is 0 Å². The SMILES string of the molecule is CNc1ccnc(-c2cccc(C(=O)Nc3ccc4nc(C(C)O)[nH]c4c3)c2)n1. The van der Waals surface area contributed by atoms with Crippen LogP contribution in [0.15, 0.2) is 54.7 Å². The predicted molar refractivity (Wildman–Crippen MR) is 112 cm³/mol. The van der Waals surface area contributed by atoms with Crippen molar-refractivity contribution in [3.63, 3.8) is 0 Å². The van der Waals surface area contributed by atoms with Crippen LogP contribution in [0, 0.1) is 0 Å². The Morgan fingerprint density at radius 1 is 1.14 bits per heavy atom. The fourth-order valence-corrected chi connectivity index (χ4v) is 2.94. The minimum absolute atomic E-state index is 0.244. The Hall–Kier alpha value is -3.78. The minimum Gasteiger partial charge on any atom is -0.385 e. The maximum absolute atomic E-state index is 12.7. The highest BCUT2D eigenvalue weighted by molar-refractivity contribution is 6.05. The number of rotatable bonds is 5. The standard InChI is InChI=1S/C21H20N6O2/c1-12(28)19-25-16-7-6-15(11-17(16)26-19)24-21(29)14-5-3-4-13(10-14)20-23-9-8-18(22-2)27-20/h3-12,28H,1-2H3,(H,24,29)(H,25,26)(H,22,23,27). The molecule has 146 valence electrons. The van der Waals surface area contributed by atoms with Crippen molar-refractivity contribution in [3.05, 3.63) is 66.1 Å². The van der Waals surface area contributed by atoms with E-state index in [4.69, 9.17) is 0 Å². The fraction of sp³-hybridized carbons (Fsp3) is 0.143. The molecule has 1 atom stereocenters. The van der Waals surface area contributed by atoms with E-state index in [1.165, 1.54) is 0 Å². The number of carbonyl (C=O) groups excluding carboxylic acids is 1. The first-order valence-corrected chi connectivity index (χ1v) is 9.14. The molecule has 0 bridgehead atoms. The summed E-state index contributed by atoms with van der Waals surface area (Å²) in [5.74, 6) is 1.48. The molecule has 4 rings (SSSR count). The molecule has 2 aromatic carbocycles. The molecule has 0 spiro atoms. The van der Waals surface area contributed by atoms with Gasteiger partial charge in [0, 0.05) is 30.1 Å². The van der Waals surface area contributed by atoms with E-state index in [1.807, 2.05) is 6.07 Å². The molecule has 1 amide bonds. The van der Waals surface area contributed by atoms with E-state index in [2.05, 4.69) is 30.6 Å². The molecule has 8 nitrogen and oxygen atoms in total. The lowest BCUT2D eigenvalue weighted by Crippen LogP contribution is -2.12. The quantitative estimate of drug-likeness (QED) is 0.417. The van der Waals surface area contributed by atoms with E-state index in [-0.39, 0.29) is 5.91 Å². The van der Waals surface area contributed by atoms with Gasteiger partial charge in [0.1, 0.15) is 17.7 Å². The third kappa shape index (κ3) is 3.92. The molecule has 29 heavy (non-hydrogen) atoms. The number of carbonyl (C=O) groups is 1. The van der Waals surface area contributed by atoms with Gasteiger partial charge in [0.15, 0.2) is 5.82 Å². The third-order valence-corrected chi connectivity index (χ3v) is 4.45. The fourth-order valence-electron chi connectivity index (χ4n) is 2.94. The first-order valence-electron chi connectivity index (χ1n) is 9.14. The summed E-state index contributed by atoms with van der Waals surface area (Å²) in [5.41, 5.74) is 3.34. The van der Waals surface area contributed by atoms with Crippen LogP contribution in [0.2, 0.25) is 0 Å². The van der Waals surface area contributed by atoms with E-state index >= 15 is 0 Å².